The van der Waals surface area contributed by atoms with E-state index in [0.717, 1.165) is 33.4 Å². The predicted molar refractivity (Wildman–Crippen MR) is 185 cm³/mol. The second-order valence-electron chi connectivity index (χ2n) is 11.2. The number of ether oxygens (including phenoxy) is 4. The Morgan fingerprint density at radius 1 is 0.542 bits per heavy atom. The van der Waals surface area contributed by atoms with E-state index in [1.165, 1.54) is 0 Å². The van der Waals surface area contributed by atoms with Crippen molar-refractivity contribution in [1.82, 2.24) is 0 Å². The third kappa shape index (κ3) is 9.64. The van der Waals surface area contributed by atoms with Crippen LogP contribution >= 0.6 is 0 Å². The molecule has 0 saturated heterocycles. The summed E-state index contributed by atoms with van der Waals surface area (Å²) in [6.07, 6.45) is 2.01. The number of rotatable bonds is 17. The van der Waals surface area contributed by atoms with Gasteiger partial charge in [-0.25, -0.2) is 0 Å². The first-order valence-electron chi connectivity index (χ1n) is 16.2. The average Bonchev–Trinajstić information content (AvgIpc) is 3.09. The predicted octanol–water partition coefficient (Wildman–Crippen LogP) is 7.88. The molecule has 0 heterocycles. The number of ketones is 2. The van der Waals surface area contributed by atoms with Gasteiger partial charge in [0.15, 0.2) is 11.6 Å². The Bertz CT molecular complexity index is 1630. The minimum Gasteiger partial charge on any atom is -0.496 e. The normalized spacial score (nSPS) is 10.7. The van der Waals surface area contributed by atoms with Crippen LogP contribution in [-0.2, 0) is 31.9 Å². The van der Waals surface area contributed by atoms with Crippen LogP contribution in [0.1, 0.15) is 71.4 Å². The molecule has 0 bridgehead atoms. The molecule has 0 radical (unpaired) electrons. The first-order chi connectivity index (χ1) is 23.3. The fourth-order valence-electron chi connectivity index (χ4n) is 5.53. The van der Waals surface area contributed by atoms with E-state index in [-0.39, 0.29) is 36.3 Å². The molecule has 0 aliphatic rings. The quantitative estimate of drug-likeness (QED) is 0.0646. The summed E-state index contributed by atoms with van der Waals surface area (Å²) in [5, 5.41) is 0. The van der Waals surface area contributed by atoms with Gasteiger partial charge >= 0.3 is 11.9 Å². The van der Waals surface area contributed by atoms with Crippen molar-refractivity contribution < 1.29 is 38.1 Å². The van der Waals surface area contributed by atoms with Gasteiger partial charge in [-0.2, -0.15) is 0 Å². The van der Waals surface area contributed by atoms with Gasteiger partial charge in [-0.3, -0.25) is 19.2 Å². The summed E-state index contributed by atoms with van der Waals surface area (Å²) in [4.78, 5) is 50.4. The second kappa shape index (κ2) is 17.6. The third-order valence-corrected chi connectivity index (χ3v) is 7.88. The SMILES string of the molecule is CCOC(=O)Cc1cccc(-c2cc(C(=O)CCCCC(=O)c3ccc(OC)c(-c4cccc(CC(=O)OCC)c4)c3)ccc2OC)c1. The van der Waals surface area contributed by atoms with Gasteiger partial charge in [-0.1, -0.05) is 48.5 Å². The van der Waals surface area contributed by atoms with Crippen LogP contribution in [0.15, 0.2) is 84.9 Å². The Balaban J connectivity index is 1.39. The van der Waals surface area contributed by atoms with Gasteiger partial charge in [0.1, 0.15) is 11.5 Å². The lowest BCUT2D eigenvalue weighted by Crippen LogP contribution is -2.07. The van der Waals surface area contributed by atoms with Crippen molar-refractivity contribution in [2.75, 3.05) is 27.4 Å². The number of carbonyl (C=O) groups is 4. The molecule has 0 N–H and O–H groups in total. The Morgan fingerprint density at radius 3 is 1.33 bits per heavy atom. The molecular formula is C40H42O8. The van der Waals surface area contributed by atoms with Crippen molar-refractivity contribution in [3.8, 4) is 33.8 Å². The molecule has 0 amide bonds. The number of hydrogen-bond acceptors (Lipinski definition) is 8. The summed E-state index contributed by atoms with van der Waals surface area (Å²) in [6, 6.07) is 25.8. The van der Waals surface area contributed by atoms with Crippen LogP contribution in [0, 0.1) is 0 Å². The van der Waals surface area contributed by atoms with Gasteiger partial charge in [-0.15, -0.1) is 0 Å². The number of benzene rings is 4. The fourth-order valence-corrected chi connectivity index (χ4v) is 5.53. The molecule has 0 atom stereocenters. The summed E-state index contributed by atoms with van der Waals surface area (Å²) in [6.45, 7) is 4.19. The van der Waals surface area contributed by atoms with Crippen LogP contribution in [0.5, 0.6) is 11.5 Å². The molecule has 8 heteroatoms. The zero-order chi connectivity index (χ0) is 34.5. The van der Waals surface area contributed by atoms with E-state index in [2.05, 4.69) is 0 Å². The molecule has 0 spiro atoms. The van der Waals surface area contributed by atoms with E-state index in [4.69, 9.17) is 18.9 Å². The molecular weight excluding hydrogens is 608 g/mol. The molecule has 250 valence electrons. The highest BCUT2D eigenvalue weighted by Gasteiger charge is 2.16. The van der Waals surface area contributed by atoms with Crippen molar-refractivity contribution in [2.24, 2.45) is 0 Å². The number of hydrogen-bond donors (Lipinski definition) is 0. The smallest absolute Gasteiger partial charge is 0.310 e. The van der Waals surface area contributed by atoms with E-state index in [1.54, 1.807) is 52.3 Å². The molecule has 0 aromatic heterocycles. The number of Topliss-reactive ketones (excluding diaryl/α,β-unsaturated/α-hetero) is 2. The lowest BCUT2D eigenvalue weighted by atomic mass is 9.95. The number of methoxy groups -OCH3 is 2. The minimum absolute atomic E-state index is 0.0246. The largest absolute Gasteiger partial charge is 0.496 e. The second-order valence-corrected chi connectivity index (χ2v) is 11.2. The Kier molecular flexibility index (Phi) is 13.1. The molecule has 4 aromatic carbocycles. The van der Waals surface area contributed by atoms with E-state index >= 15 is 0 Å². The van der Waals surface area contributed by atoms with E-state index in [0.29, 0.717) is 61.5 Å². The summed E-state index contributed by atoms with van der Waals surface area (Å²) in [7, 11) is 3.16. The standard InChI is InChI=1S/C40H42O8/c1-5-47-39(43)23-27-11-9-13-29(21-27)33-25-31(17-19-37(33)45-3)35(41)15-7-8-16-36(42)32-18-20-38(46-4)34(26-32)30-14-10-12-28(22-30)24-40(44)48-6-2/h9-14,17-22,25-26H,5-8,15-16,23-24H2,1-4H3. The van der Waals surface area contributed by atoms with Crippen LogP contribution in [-0.4, -0.2) is 50.9 Å². The zero-order valence-corrected chi connectivity index (χ0v) is 28.0. The topological polar surface area (TPSA) is 105 Å². The van der Waals surface area contributed by atoms with E-state index < -0.39 is 0 Å². The molecule has 0 aliphatic heterocycles. The van der Waals surface area contributed by atoms with Gasteiger partial charge in [0.05, 0.1) is 40.3 Å². The van der Waals surface area contributed by atoms with E-state index in [9.17, 15) is 19.2 Å². The van der Waals surface area contributed by atoms with Crippen molar-refractivity contribution in [3.63, 3.8) is 0 Å². The van der Waals surface area contributed by atoms with Crippen molar-refractivity contribution in [2.45, 2.75) is 52.4 Å². The maximum absolute atomic E-state index is 13.2. The fraction of sp³-hybridized carbons (Fsp3) is 0.300. The minimum atomic E-state index is -0.297. The summed E-state index contributed by atoms with van der Waals surface area (Å²) in [5.74, 6) is 0.597. The summed E-state index contributed by atoms with van der Waals surface area (Å²) in [5.41, 5.74) is 5.89. The van der Waals surface area contributed by atoms with Gasteiger partial charge in [0.25, 0.3) is 0 Å². The van der Waals surface area contributed by atoms with Gasteiger partial charge in [0, 0.05) is 35.1 Å². The van der Waals surface area contributed by atoms with Crippen LogP contribution in [0.25, 0.3) is 22.3 Å². The summed E-state index contributed by atoms with van der Waals surface area (Å²) >= 11 is 0. The lowest BCUT2D eigenvalue weighted by Gasteiger charge is -2.13. The molecule has 4 rings (SSSR count). The molecule has 8 nitrogen and oxygen atoms in total. The number of carbonyl (C=O) groups excluding carboxylic acids is 4. The average molecular weight is 651 g/mol. The lowest BCUT2D eigenvalue weighted by molar-refractivity contribution is -0.143. The van der Waals surface area contributed by atoms with Crippen LogP contribution in [0.3, 0.4) is 0 Å². The maximum Gasteiger partial charge on any atom is 0.310 e. The van der Waals surface area contributed by atoms with Gasteiger partial charge < -0.3 is 18.9 Å². The first-order valence-corrected chi connectivity index (χ1v) is 16.2. The molecule has 0 fully saturated rings. The third-order valence-electron chi connectivity index (χ3n) is 7.88. The van der Waals surface area contributed by atoms with E-state index in [1.807, 2.05) is 60.7 Å². The first kappa shape index (κ1) is 35.6. The van der Waals surface area contributed by atoms with Crippen molar-refractivity contribution in [1.29, 1.82) is 0 Å². The Labute approximate surface area is 282 Å². The van der Waals surface area contributed by atoms with Crippen molar-refractivity contribution >= 4 is 23.5 Å². The van der Waals surface area contributed by atoms with Gasteiger partial charge in [-0.05, 0) is 85.3 Å². The highest BCUT2D eigenvalue weighted by molar-refractivity contribution is 5.99. The van der Waals surface area contributed by atoms with Crippen LogP contribution < -0.4 is 9.47 Å². The van der Waals surface area contributed by atoms with Crippen LogP contribution in [0.4, 0.5) is 0 Å². The Morgan fingerprint density at radius 2 is 0.958 bits per heavy atom. The van der Waals surface area contributed by atoms with Crippen molar-refractivity contribution in [3.05, 3.63) is 107 Å². The highest BCUT2D eigenvalue weighted by atomic mass is 16.5. The number of esters is 2. The zero-order valence-electron chi connectivity index (χ0n) is 28.0. The number of unbranched alkanes of at least 4 members (excludes halogenated alkanes) is 1. The molecule has 0 aliphatic carbocycles. The Hall–Kier alpha value is -5.24. The van der Waals surface area contributed by atoms with Gasteiger partial charge in [0.2, 0.25) is 0 Å². The molecule has 0 unspecified atom stereocenters. The molecule has 0 saturated carbocycles. The monoisotopic (exact) mass is 650 g/mol. The highest BCUT2D eigenvalue weighted by Crippen LogP contribution is 2.34. The molecule has 48 heavy (non-hydrogen) atoms. The molecule has 4 aromatic rings. The maximum atomic E-state index is 13.2. The summed E-state index contributed by atoms with van der Waals surface area (Å²) < 4.78 is 21.3. The van der Waals surface area contributed by atoms with Crippen LogP contribution in [0.2, 0.25) is 0 Å².